The molecule has 0 bridgehead atoms. The van der Waals surface area contributed by atoms with Gasteiger partial charge in [-0.1, -0.05) is 18.2 Å². The second-order valence-electron chi connectivity index (χ2n) is 8.73. The number of nitrogens with zero attached hydrogens (tertiary/aromatic N) is 3. The van der Waals surface area contributed by atoms with E-state index in [4.69, 9.17) is 0 Å². The molecule has 1 aliphatic rings. The summed E-state index contributed by atoms with van der Waals surface area (Å²) in [6.45, 7) is 0.0422. The van der Waals surface area contributed by atoms with Crippen LogP contribution in [0.5, 0.6) is 0 Å². The molecule has 3 amide bonds. The van der Waals surface area contributed by atoms with Crippen LogP contribution in [0, 0.1) is 15.9 Å². The van der Waals surface area contributed by atoms with E-state index in [0.717, 1.165) is 23.1 Å². The second kappa shape index (κ2) is 11.8. The molecule has 39 heavy (non-hydrogen) atoms. The van der Waals surface area contributed by atoms with Crippen LogP contribution in [0.15, 0.2) is 66.0 Å². The van der Waals surface area contributed by atoms with Crippen molar-refractivity contribution in [3.8, 4) is 0 Å². The van der Waals surface area contributed by atoms with E-state index in [-0.39, 0.29) is 36.3 Å². The van der Waals surface area contributed by atoms with Gasteiger partial charge in [0.25, 0.3) is 17.5 Å². The van der Waals surface area contributed by atoms with Gasteiger partial charge in [-0.15, -0.1) is 11.3 Å². The Hall–Kier alpha value is -4.65. The number of aliphatic carboxylic acids is 1. The molecular weight excluding hydrogens is 531 g/mol. The van der Waals surface area contributed by atoms with Gasteiger partial charge in [0.05, 0.1) is 23.8 Å². The number of benzene rings is 2. The minimum Gasteiger partial charge on any atom is -0.481 e. The maximum absolute atomic E-state index is 13.7. The largest absolute Gasteiger partial charge is 0.481 e. The van der Waals surface area contributed by atoms with Gasteiger partial charge in [0, 0.05) is 35.7 Å². The second-order valence-corrected chi connectivity index (χ2v) is 9.77. The van der Waals surface area contributed by atoms with Crippen molar-refractivity contribution in [3.05, 3.63) is 98.0 Å². The zero-order valence-electron chi connectivity index (χ0n) is 20.4. The number of carbonyl (C=O) groups is 4. The molecule has 0 aliphatic carbocycles. The minimum absolute atomic E-state index is 0.00484. The van der Waals surface area contributed by atoms with E-state index in [1.807, 2.05) is 0 Å². The van der Waals surface area contributed by atoms with Gasteiger partial charge >= 0.3 is 5.97 Å². The highest BCUT2D eigenvalue weighted by Crippen LogP contribution is 2.25. The van der Waals surface area contributed by atoms with Crippen LogP contribution in [0.25, 0.3) is 0 Å². The molecular formula is C26H23FN4O7S. The topological polar surface area (TPSA) is 150 Å². The van der Waals surface area contributed by atoms with Crippen LogP contribution in [0.3, 0.4) is 0 Å². The van der Waals surface area contributed by atoms with E-state index in [9.17, 15) is 38.8 Å². The van der Waals surface area contributed by atoms with Gasteiger partial charge in [0.15, 0.2) is 6.17 Å². The Bertz CT molecular complexity index is 1400. The Labute approximate surface area is 225 Å². The van der Waals surface area contributed by atoms with E-state index in [1.165, 1.54) is 51.5 Å². The number of carboxylic acids is 1. The fraction of sp³-hybridized carbons (Fsp3) is 0.231. The first kappa shape index (κ1) is 27.4. The number of hydrogen-bond acceptors (Lipinski definition) is 7. The summed E-state index contributed by atoms with van der Waals surface area (Å²) in [5.41, 5.74) is -0.0211. The van der Waals surface area contributed by atoms with E-state index < -0.39 is 53.1 Å². The Morgan fingerprint density at radius 2 is 1.79 bits per heavy atom. The molecule has 3 aromatic rings. The number of carbonyl (C=O) groups excluding carboxylic acids is 3. The predicted molar refractivity (Wildman–Crippen MR) is 137 cm³/mol. The molecule has 1 aromatic heterocycles. The smallest absolute Gasteiger partial charge is 0.305 e. The number of nitrogens with one attached hydrogen (secondary N) is 1. The van der Waals surface area contributed by atoms with E-state index >= 15 is 0 Å². The van der Waals surface area contributed by atoms with E-state index in [0.29, 0.717) is 0 Å². The number of thiophene rings is 1. The van der Waals surface area contributed by atoms with Gasteiger partial charge in [-0.2, -0.15) is 0 Å². The number of nitro groups is 1. The van der Waals surface area contributed by atoms with Gasteiger partial charge < -0.3 is 20.2 Å². The van der Waals surface area contributed by atoms with Gasteiger partial charge in [-0.3, -0.25) is 29.3 Å². The highest BCUT2D eigenvalue weighted by molar-refractivity contribution is 7.10. The summed E-state index contributed by atoms with van der Waals surface area (Å²) in [5.74, 6) is -3.70. The molecule has 1 saturated heterocycles. The molecule has 202 valence electrons. The number of hydrogen-bond donors (Lipinski definition) is 2. The van der Waals surface area contributed by atoms with Crippen LogP contribution in [-0.4, -0.2) is 62.8 Å². The fourth-order valence-electron chi connectivity index (χ4n) is 4.34. The maximum Gasteiger partial charge on any atom is 0.305 e. The van der Waals surface area contributed by atoms with Crippen molar-refractivity contribution in [2.45, 2.75) is 25.0 Å². The lowest BCUT2D eigenvalue weighted by Crippen LogP contribution is -2.54. The Kier molecular flexibility index (Phi) is 8.30. The first-order valence-electron chi connectivity index (χ1n) is 11.8. The first-order valence-corrected chi connectivity index (χ1v) is 12.7. The summed E-state index contributed by atoms with van der Waals surface area (Å²) in [6, 6.07) is 12.3. The normalized spacial score (nSPS) is 15.6. The monoisotopic (exact) mass is 554 g/mol. The van der Waals surface area contributed by atoms with Crippen molar-refractivity contribution in [1.82, 2.24) is 15.1 Å². The molecule has 2 heterocycles. The molecule has 0 spiro atoms. The van der Waals surface area contributed by atoms with Crippen molar-refractivity contribution in [2.24, 2.45) is 0 Å². The lowest BCUT2D eigenvalue weighted by Gasteiger charge is -2.31. The molecule has 4 rings (SSSR count). The lowest BCUT2D eigenvalue weighted by atomic mass is 10.0. The van der Waals surface area contributed by atoms with Crippen molar-refractivity contribution >= 4 is 40.7 Å². The van der Waals surface area contributed by atoms with E-state index in [2.05, 4.69) is 5.32 Å². The van der Waals surface area contributed by atoms with Crippen LogP contribution in [0.2, 0.25) is 0 Å². The molecule has 13 heteroatoms. The molecule has 2 unspecified atom stereocenters. The van der Waals surface area contributed by atoms with E-state index in [1.54, 1.807) is 17.5 Å². The molecule has 2 N–H and O–H groups in total. The van der Waals surface area contributed by atoms with Crippen LogP contribution in [0.1, 0.15) is 33.3 Å². The average Bonchev–Trinajstić information content (AvgIpc) is 3.58. The molecule has 11 nitrogen and oxygen atoms in total. The number of carboxylic acid groups (broad SMARTS) is 1. The third-order valence-electron chi connectivity index (χ3n) is 6.16. The standard InChI is InChI=1S/C26H23FN4O7S/c27-18-8-6-16(7-9-18)26(36)30-11-10-29(22(32)14-20-5-2-12-39-20)25(30)24(35)28-21(15-23(33)34)17-3-1-4-19(13-17)31(37)38/h1-9,12-13,21,25H,10-11,14-15H2,(H,28,35)(H,33,34). The third-order valence-corrected chi connectivity index (χ3v) is 7.04. The lowest BCUT2D eigenvalue weighted by molar-refractivity contribution is -0.384. The maximum atomic E-state index is 13.7. The molecule has 1 aliphatic heterocycles. The number of non-ortho nitro benzene ring substituents is 1. The van der Waals surface area contributed by atoms with Crippen molar-refractivity contribution in [1.29, 1.82) is 0 Å². The van der Waals surface area contributed by atoms with Gasteiger partial charge in [-0.05, 0) is 41.3 Å². The summed E-state index contributed by atoms with van der Waals surface area (Å²) in [4.78, 5) is 65.6. The summed E-state index contributed by atoms with van der Waals surface area (Å²) >= 11 is 1.36. The fourth-order valence-corrected chi connectivity index (χ4v) is 5.03. The Balaban J connectivity index is 1.65. The SMILES string of the molecule is O=C(O)CC(NC(=O)C1N(C(=O)Cc2cccs2)CCN1C(=O)c1ccc(F)cc1)c1cccc([N+](=O)[O-])c1. The molecule has 2 atom stereocenters. The van der Waals surface area contributed by atoms with Crippen LogP contribution >= 0.6 is 11.3 Å². The first-order chi connectivity index (χ1) is 18.6. The summed E-state index contributed by atoms with van der Waals surface area (Å²) in [5, 5.41) is 25.1. The highest BCUT2D eigenvalue weighted by Gasteiger charge is 2.43. The molecule has 0 saturated carbocycles. The summed E-state index contributed by atoms with van der Waals surface area (Å²) < 4.78 is 13.4. The van der Waals surface area contributed by atoms with Crippen molar-refractivity contribution in [3.63, 3.8) is 0 Å². The Morgan fingerprint density at radius 1 is 1.08 bits per heavy atom. The van der Waals surface area contributed by atoms with Crippen molar-refractivity contribution in [2.75, 3.05) is 13.1 Å². The zero-order valence-corrected chi connectivity index (χ0v) is 21.2. The Morgan fingerprint density at radius 3 is 2.44 bits per heavy atom. The zero-order chi connectivity index (χ0) is 28.1. The molecule has 1 fully saturated rings. The van der Waals surface area contributed by atoms with Gasteiger partial charge in [0.1, 0.15) is 5.82 Å². The number of rotatable bonds is 9. The van der Waals surface area contributed by atoms with Crippen molar-refractivity contribution < 1.29 is 33.6 Å². The van der Waals surface area contributed by atoms with Gasteiger partial charge in [0.2, 0.25) is 5.91 Å². The predicted octanol–water partition coefficient (Wildman–Crippen LogP) is 2.98. The summed E-state index contributed by atoms with van der Waals surface area (Å²) in [6.07, 6.45) is -2.04. The third kappa shape index (κ3) is 6.44. The van der Waals surface area contributed by atoms with Gasteiger partial charge in [-0.25, -0.2) is 4.39 Å². The molecule has 0 radical (unpaired) electrons. The minimum atomic E-state index is -1.43. The summed E-state index contributed by atoms with van der Waals surface area (Å²) in [7, 11) is 0. The average molecular weight is 555 g/mol. The number of halogens is 1. The number of nitro benzene ring substituents is 1. The van der Waals surface area contributed by atoms with Crippen LogP contribution in [-0.2, 0) is 20.8 Å². The number of amides is 3. The quantitative estimate of drug-likeness (QED) is 0.305. The highest BCUT2D eigenvalue weighted by atomic mass is 32.1. The van der Waals surface area contributed by atoms with Crippen LogP contribution < -0.4 is 5.32 Å². The van der Waals surface area contributed by atoms with Crippen LogP contribution in [0.4, 0.5) is 10.1 Å². The molecule has 2 aromatic carbocycles.